The number of hydrogen-bond acceptors (Lipinski definition) is 4. The smallest absolute Gasteiger partial charge is 0.176 e. The Hall–Kier alpha value is -1.42. The minimum absolute atomic E-state index is 0.287. The van der Waals surface area contributed by atoms with E-state index in [9.17, 15) is 0 Å². The number of nitrogen functional groups attached to an aromatic ring is 2. The number of aromatic nitrogens is 1. The van der Waals surface area contributed by atoms with Gasteiger partial charge in [0.25, 0.3) is 0 Å². The lowest BCUT2D eigenvalue weighted by Gasteiger charge is -1.94. The lowest BCUT2D eigenvalue weighted by atomic mass is 10.2. The summed E-state index contributed by atoms with van der Waals surface area (Å²) in [6.07, 6.45) is 0. The Labute approximate surface area is 73.1 Å². The number of hydrogen-bond donors (Lipinski definition) is 2. The number of anilines is 2. The van der Waals surface area contributed by atoms with Crippen molar-refractivity contribution >= 4 is 34.1 Å². The van der Waals surface area contributed by atoms with Gasteiger partial charge in [-0.3, -0.25) is 0 Å². The number of nitrogens with zero attached hydrogens (tertiary/aromatic N) is 1. The van der Waals surface area contributed by atoms with Crippen LogP contribution in [0.15, 0.2) is 16.7 Å². The predicted molar refractivity (Wildman–Crippen MR) is 47.8 cm³/mol. The van der Waals surface area contributed by atoms with Gasteiger partial charge in [-0.25, -0.2) is 0 Å². The molecule has 1 aromatic heterocycles. The van der Waals surface area contributed by atoms with Crippen molar-refractivity contribution in [2.24, 2.45) is 0 Å². The van der Waals surface area contributed by atoms with Crippen LogP contribution in [-0.2, 0) is 0 Å². The van der Waals surface area contributed by atoms with Crippen LogP contribution in [0.1, 0.15) is 0 Å². The number of rotatable bonds is 0. The SMILES string of the molecule is Nc1cc(Cl)c2c(N)noc2c1. The van der Waals surface area contributed by atoms with Gasteiger partial charge in [0.15, 0.2) is 11.4 Å². The molecule has 0 bridgehead atoms. The second kappa shape index (κ2) is 2.28. The molecule has 62 valence electrons. The molecule has 0 unspecified atom stereocenters. The van der Waals surface area contributed by atoms with Crippen molar-refractivity contribution in [3.63, 3.8) is 0 Å². The third-order valence-corrected chi connectivity index (χ3v) is 1.87. The van der Waals surface area contributed by atoms with Crippen molar-refractivity contribution in [1.82, 2.24) is 5.16 Å². The van der Waals surface area contributed by atoms with Crippen LogP contribution in [0, 0.1) is 0 Å². The van der Waals surface area contributed by atoms with Crippen LogP contribution in [0.3, 0.4) is 0 Å². The molecule has 0 aliphatic heterocycles. The third-order valence-electron chi connectivity index (χ3n) is 1.57. The second-order valence-electron chi connectivity index (χ2n) is 2.44. The number of fused-ring (bicyclic) bond motifs is 1. The van der Waals surface area contributed by atoms with E-state index in [1.165, 1.54) is 0 Å². The molecule has 0 spiro atoms. The first kappa shape index (κ1) is 7.24. The summed E-state index contributed by atoms with van der Waals surface area (Å²) in [5.74, 6) is 0.287. The molecule has 0 aliphatic carbocycles. The first-order valence-corrected chi connectivity index (χ1v) is 3.66. The summed E-state index contributed by atoms with van der Waals surface area (Å²) in [7, 11) is 0. The maximum Gasteiger partial charge on any atom is 0.176 e. The van der Waals surface area contributed by atoms with Crippen LogP contribution in [0.25, 0.3) is 11.0 Å². The van der Waals surface area contributed by atoms with Crippen LogP contribution in [0.5, 0.6) is 0 Å². The quantitative estimate of drug-likeness (QED) is 0.609. The predicted octanol–water partition coefficient (Wildman–Crippen LogP) is 1.65. The zero-order valence-electron chi connectivity index (χ0n) is 6.04. The van der Waals surface area contributed by atoms with Crippen LogP contribution in [0.2, 0.25) is 5.02 Å². The Morgan fingerprint density at radius 1 is 1.33 bits per heavy atom. The molecule has 2 rings (SSSR count). The maximum atomic E-state index is 5.85. The molecule has 12 heavy (non-hydrogen) atoms. The van der Waals surface area contributed by atoms with Gasteiger partial charge in [0.05, 0.1) is 10.4 Å². The Balaban J connectivity index is 2.93. The van der Waals surface area contributed by atoms with Crippen molar-refractivity contribution in [1.29, 1.82) is 0 Å². The zero-order chi connectivity index (χ0) is 8.72. The van der Waals surface area contributed by atoms with E-state index in [1.807, 2.05) is 0 Å². The van der Waals surface area contributed by atoms with Gasteiger partial charge in [-0.05, 0) is 6.07 Å². The fourth-order valence-electron chi connectivity index (χ4n) is 1.07. The summed E-state index contributed by atoms with van der Waals surface area (Å²) in [4.78, 5) is 0. The lowest BCUT2D eigenvalue weighted by molar-refractivity contribution is 0.460. The van der Waals surface area contributed by atoms with Gasteiger partial charge in [0.1, 0.15) is 0 Å². The highest BCUT2D eigenvalue weighted by Gasteiger charge is 2.09. The monoisotopic (exact) mass is 183 g/mol. The van der Waals surface area contributed by atoms with Crippen LogP contribution < -0.4 is 11.5 Å². The Kier molecular flexibility index (Phi) is 1.38. The molecule has 0 amide bonds. The summed E-state index contributed by atoms with van der Waals surface area (Å²) in [6.45, 7) is 0. The number of nitrogens with two attached hydrogens (primary N) is 2. The third kappa shape index (κ3) is 0.887. The van der Waals surface area contributed by atoms with E-state index in [0.717, 1.165) is 0 Å². The minimum Gasteiger partial charge on any atom is -0.399 e. The first-order valence-electron chi connectivity index (χ1n) is 3.28. The van der Waals surface area contributed by atoms with E-state index in [1.54, 1.807) is 12.1 Å². The van der Waals surface area contributed by atoms with Crippen molar-refractivity contribution in [3.05, 3.63) is 17.2 Å². The minimum atomic E-state index is 0.287. The fraction of sp³-hybridized carbons (Fsp3) is 0. The summed E-state index contributed by atoms with van der Waals surface area (Å²) in [6, 6.07) is 3.24. The molecule has 0 fully saturated rings. The van der Waals surface area contributed by atoms with Crippen molar-refractivity contribution in [2.75, 3.05) is 11.5 Å². The Bertz CT molecular complexity index is 437. The van der Waals surface area contributed by atoms with Gasteiger partial charge in [0, 0.05) is 11.8 Å². The molecule has 0 radical (unpaired) electrons. The molecule has 4 N–H and O–H groups in total. The molecular formula is C7H6ClN3O. The molecule has 0 saturated carbocycles. The normalized spacial score (nSPS) is 10.8. The van der Waals surface area contributed by atoms with Crippen molar-refractivity contribution < 1.29 is 4.52 Å². The molecule has 0 saturated heterocycles. The van der Waals surface area contributed by atoms with E-state index >= 15 is 0 Å². The number of benzene rings is 1. The first-order chi connectivity index (χ1) is 5.68. The molecule has 0 aliphatic rings. The largest absolute Gasteiger partial charge is 0.399 e. The van der Waals surface area contributed by atoms with E-state index in [0.29, 0.717) is 21.7 Å². The maximum absolute atomic E-state index is 5.85. The molecule has 4 nitrogen and oxygen atoms in total. The average Bonchev–Trinajstić information content (AvgIpc) is 2.31. The molecule has 1 heterocycles. The van der Waals surface area contributed by atoms with E-state index < -0.39 is 0 Å². The molecule has 1 aromatic carbocycles. The van der Waals surface area contributed by atoms with Gasteiger partial charge in [-0.15, -0.1) is 0 Å². The number of halogens is 1. The molecule has 0 atom stereocenters. The van der Waals surface area contributed by atoms with Gasteiger partial charge in [0.2, 0.25) is 0 Å². The Morgan fingerprint density at radius 3 is 2.83 bits per heavy atom. The van der Waals surface area contributed by atoms with Gasteiger partial charge in [-0.1, -0.05) is 16.8 Å². The fourth-order valence-corrected chi connectivity index (χ4v) is 1.38. The van der Waals surface area contributed by atoms with Gasteiger partial charge < -0.3 is 16.0 Å². The summed E-state index contributed by atoms with van der Waals surface area (Å²) < 4.78 is 4.87. The standard InChI is InChI=1S/C7H6ClN3O/c8-4-1-3(9)2-5-6(4)7(10)11-12-5/h1-2H,9H2,(H2,10,11). The van der Waals surface area contributed by atoms with Gasteiger partial charge >= 0.3 is 0 Å². The van der Waals surface area contributed by atoms with E-state index in [2.05, 4.69) is 5.16 Å². The highest BCUT2D eigenvalue weighted by molar-refractivity contribution is 6.36. The topological polar surface area (TPSA) is 78.1 Å². The molecule has 2 aromatic rings. The second-order valence-corrected chi connectivity index (χ2v) is 2.85. The lowest BCUT2D eigenvalue weighted by Crippen LogP contribution is -1.86. The molecular weight excluding hydrogens is 178 g/mol. The molecule has 5 heteroatoms. The highest BCUT2D eigenvalue weighted by atomic mass is 35.5. The van der Waals surface area contributed by atoms with Crippen LogP contribution in [0.4, 0.5) is 11.5 Å². The summed E-state index contributed by atoms with van der Waals surface area (Å²) >= 11 is 5.85. The van der Waals surface area contributed by atoms with E-state index in [4.69, 9.17) is 27.6 Å². The van der Waals surface area contributed by atoms with Gasteiger partial charge in [-0.2, -0.15) is 0 Å². The van der Waals surface area contributed by atoms with Crippen molar-refractivity contribution in [3.8, 4) is 0 Å². The zero-order valence-corrected chi connectivity index (χ0v) is 6.80. The highest BCUT2D eigenvalue weighted by Crippen LogP contribution is 2.30. The van der Waals surface area contributed by atoms with Crippen molar-refractivity contribution in [2.45, 2.75) is 0 Å². The Morgan fingerprint density at radius 2 is 2.08 bits per heavy atom. The average molecular weight is 184 g/mol. The summed E-state index contributed by atoms with van der Waals surface area (Å²) in [5, 5.41) is 4.64. The van der Waals surface area contributed by atoms with Crippen LogP contribution >= 0.6 is 11.6 Å². The van der Waals surface area contributed by atoms with Crippen LogP contribution in [-0.4, -0.2) is 5.16 Å². The summed E-state index contributed by atoms with van der Waals surface area (Å²) in [5.41, 5.74) is 12.1. The van der Waals surface area contributed by atoms with E-state index in [-0.39, 0.29) is 5.82 Å².